The van der Waals surface area contributed by atoms with Crippen molar-refractivity contribution in [1.29, 1.82) is 0 Å². The zero-order valence-electron chi connectivity index (χ0n) is 16.4. The SMILES string of the molecule is CCNC(=NCc1ncnn1C)NCC(C)N1CCc2ccccc2C1.I. The summed E-state index contributed by atoms with van der Waals surface area (Å²) in [7, 11) is 1.88. The Labute approximate surface area is 178 Å². The topological polar surface area (TPSA) is 70.4 Å². The Morgan fingerprint density at radius 2 is 2.04 bits per heavy atom. The van der Waals surface area contributed by atoms with Gasteiger partial charge in [0, 0.05) is 39.3 Å². The van der Waals surface area contributed by atoms with Gasteiger partial charge in [-0.05, 0) is 31.4 Å². The van der Waals surface area contributed by atoms with Crippen molar-refractivity contribution in [3.05, 3.63) is 47.5 Å². The Kier molecular flexibility index (Phi) is 8.49. The maximum absolute atomic E-state index is 4.62. The molecule has 1 aromatic carbocycles. The van der Waals surface area contributed by atoms with Gasteiger partial charge in [-0.25, -0.2) is 9.98 Å². The van der Waals surface area contributed by atoms with Crippen LogP contribution < -0.4 is 10.6 Å². The van der Waals surface area contributed by atoms with Gasteiger partial charge in [-0.3, -0.25) is 9.58 Å². The first-order valence-corrected chi connectivity index (χ1v) is 9.33. The molecule has 0 saturated heterocycles. The number of guanidine groups is 1. The average Bonchev–Trinajstić information content (AvgIpc) is 3.08. The summed E-state index contributed by atoms with van der Waals surface area (Å²) in [6, 6.07) is 9.19. The van der Waals surface area contributed by atoms with Crippen molar-refractivity contribution < 1.29 is 0 Å². The van der Waals surface area contributed by atoms with E-state index in [-0.39, 0.29) is 24.0 Å². The number of fused-ring (bicyclic) bond motifs is 1. The Morgan fingerprint density at radius 1 is 1.26 bits per heavy atom. The summed E-state index contributed by atoms with van der Waals surface area (Å²) in [4.78, 5) is 11.4. The van der Waals surface area contributed by atoms with Crippen molar-refractivity contribution in [2.75, 3.05) is 19.6 Å². The highest BCUT2D eigenvalue weighted by Crippen LogP contribution is 2.19. The molecule has 2 N–H and O–H groups in total. The second-order valence-corrected chi connectivity index (χ2v) is 6.71. The molecular formula is C19H30IN7. The number of nitrogens with one attached hydrogen (secondary N) is 2. The Balaban J connectivity index is 0.00000261. The fourth-order valence-corrected chi connectivity index (χ4v) is 3.22. The summed E-state index contributed by atoms with van der Waals surface area (Å²) >= 11 is 0. The van der Waals surface area contributed by atoms with Gasteiger partial charge in [-0.2, -0.15) is 5.10 Å². The third kappa shape index (κ3) is 5.90. The summed E-state index contributed by atoms with van der Waals surface area (Å²) in [6.07, 6.45) is 2.68. The number of aromatic nitrogens is 3. The Hall–Kier alpha value is -1.68. The highest BCUT2D eigenvalue weighted by Gasteiger charge is 2.20. The molecule has 1 atom stereocenters. The number of hydrogen-bond acceptors (Lipinski definition) is 4. The summed E-state index contributed by atoms with van der Waals surface area (Å²) in [6.45, 7) is 8.66. The van der Waals surface area contributed by atoms with Crippen LogP contribution in [0.25, 0.3) is 0 Å². The minimum atomic E-state index is 0. The molecular weight excluding hydrogens is 453 g/mol. The monoisotopic (exact) mass is 483 g/mol. The van der Waals surface area contributed by atoms with Gasteiger partial charge in [0.25, 0.3) is 0 Å². The average molecular weight is 483 g/mol. The van der Waals surface area contributed by atoms with Crippen molar-refractivity contribution in [2.45, 2.75) is 39.4 Å². The largest absolute Gasteiger partial charge is 0.357 e. The maximum atomic E-state index is 4.62. The maximum Gasteiger partial charge on any atom is 0.191 e. The van der Waals surface area contributed by atoms with E-state index >= 15 is 0 Å². The number of aliphatic imine (C=N–C) groups is 1. The summed E-state index contributed by atoms with van der Waals surface area (Å²) < 4.78 is 1.75. The molecule has 0 spiro atoms. The number of nitrogens with zero attached hydrogens (tertiary/aromatic N) is 5. The van der Waals surface area contributed by atoms with Crippen LogP contribution in [-0.2, 0) is 26.6 Å². The first-order chi connectivity index (χ1) is 12.7. The molecule has 148 valence electrons. The summed E-state index contributed by atoms with van der Waals surface area (Å²) in [5.41, 5.74) is 2.94. The van der Waals surface area contributed by atoms with Crippen LogP contribution in [0.3, 0.4) is 0 Å². The molecule has 0 radical (unpaired) electrons. The molecule has 0 bridgehead atoms. The number of hydrogen-bond donors (Lipinski definition) is 2. The molecule has 2 aromatic rings. The molecule has 0 fully saturated rings. The van der Waals surface area contributed by atoms with Gasteiger partial charge in [0.15, 0.2) is 5.96 Å². The molecule has 0 aliphatic carbocycles. The van der Waals surface area contributed by atoms with Crippen LogP contribution in [-0.4, -0.2) is 51.3 Å². The summed E-state index contributed by atoms with van der Waals surface area (Å²) in [5, 5.41) is 10.8. The first-order valence-electron chi connectivity index (χ1n) is 9.33. The highest BCUT2D eigenvalue weighted by molar-refractivity contribution is 14.0. The van der Waals surface area contributed by atoms with Gasteiger partial charge in [-0.1, -0.05) is 24.3 Å². The van der Waals surface area contributed by atoms with Crippen LogP contribution in [0.2, 0.25) is 0 Å². The predicted octanol–water partition coefficient (Wildman–Crippen LogP) is 1.94. The van der Waals surface area contributed by atoms with E-state index in [1.807, 2.05) is 7.05 Å². The van der Waals surface area contributed by atoms with Gasteiger partial charge in [0.1, 0.15) is 18.7 Å². The quantitative estimate of drug-likeness (QED) is 0.374. The second-order valence-electron chi connectivity index (χ2n) is 6.71. The predicted molar refractivity (Wildman–Crippen MR) is 119 cm³/mol. The number of halogens is 1. The van der Waals surface area contributed by atoms with Crippen molar-refractivity contribution in [3.8, 4) is 0 Å². The summed E-state index contributed by atoms with van der Waals surface area (Å²) in [5.74, 6) is 1.67. The molecule has 0 saturated carbocycles. The van der Waals surface area contributed by atoms with Gasteiger partial charge in [0.2, 0.25) is 0 Å². The van der Waals surface area contributed by atoms with Gasteiger partial charge in [-0.15, -0.1) is 24.0 Å². The lowest BCUT2D eigenvalue weighted by Gasteiger charge is -2.34. The van der Waals surface area contributed by atoms with Crippen molar-refractivity contribution in [1.82, 2.24) is 30.3 Å². The smallest absolute Gasteiger partial charge is 0.191 e. The standard InChI is InChI=1S/C19H29N7.HI/c1-4-20-19(22-12-18-23-14-24-25(18)3)21-11-15(2)26-10-9-16-7-5-6-8-17(16)13-26;/h5-8,14-15H,4,9-13H2,1-3H3,(H2,20,21,22);1H. The van der Waals surface area contributed by atoms with E-state index in [2.05, 4.69) is 68.7 Å². The number of aryl methyl sites for hydroxylation is 1. The van der Waals surface area contributed by atoms with E-state index in [0.717, 1.165) is 44.4 Å². The third-order valence-electron chi connectivity index (χ3n) is 4.88. The molecule has 1 aromatic heterocycles. The van der Waals surface area contributed by atoms with E-state index in [9.17, 15) is 0 Å². The highest BCUT2D eigenvalue weighted by atomic mass is 127. The molecule has 3 rings (SSSR count). The second kappa shape index (κ2) is 10.6. The molecule has 1 aliphatic heterocycles. The lowest BCUT2D eigenvalue weighted by molar-refractivity contribution is 0.191. The Morgan fingerprint density at radius 3 is 2.74 bits per heavy atom. The molecule has 27 heavy (non-hydrogen) atoms. The van der Waals surface area contributed by atoms with Crippen LogP contribution in [0.4, 0.5) is 0 Å². The van der Waals surface area contributed by atoms with Crippen LogP contribution in [0.15, 0.2) is 35.6 Å². The fourth-order valence-electron chi connectivity index (χ4n) is 3.22. The van der Waals surface area contributed by atoms with Gasteiger partial charge in [0.05, 0.1) is 0 Å². The molecule has 1 unspecified atom stereocenters. The fraction of sp³-hybridized carbons (Fsp3) is 0.526. The molecule has 0 amide bonds. The van der Waals surface area contributed by atoms with E-state index in [4.69, 9.17) is 0 Å². The van der Waals surface area contributed by atoms with E-state index in [0.29, 0.717) is 12.6 Å². The van der Waals surface area contributed by atoms with Crippen LogP contribution >= 0.6 is 24.0 Å². The van der Waals surface area contributed by atoms with E-state index < -0.39 is 0 Å². The molecule has 7 nitrogen and oxygen atoms in total. The molecule has 2 heterocycles. The minimum absolute atomic E-state index is 0. The zero-order chi connectivity index (χ0) is 18.4. The van der Waals surface area contributed by atoms with Crippen molar-refractivity contribution in [3.63, 3.8) is 0 Å². The minimum Gasteiger partial charge on any atom is -0.357 e. The number of benzene rings is 1. The van der Waals surface area contributed by atoms with Gasteiger partial charge >= 0.3 is 0 Å². The normalized spacial score (nSPS) is 15.6. The molecule has 8 heteroatoms. The van der Waals surface area contributed by atoms with Crippen LogP contribution in [0.5, 0.6) is 0 Å². The lowest BCUT2D eigenvalue weighted by atomic mass is 9.99. The van der Waals surface area contributed by atoms with Crippen molar-refractivity contribution >= 4 is 29.9 Å². The van der Waals surface area contributed by atoms with E-state index in [1.165, 1.54) is 11.1 Å². The third-order valence-corrected chi connectivity index (χ3v) is 4.88. The van der Waals surface area contributed by atoms with Crippen molar-refractivity contribution in [2.24, 2.45) is 12.0 Å². The lowest BCUT2D eigenvalue weighted by Crippen LogP contribution is -2.47. The van der Waals surface area contributed by atoms with E-state index in [1.54, 1.807) is 11.0 Å². The van der Waals surface area contributed by atoms with Gasteiger partial charge < -0.3 is 10.6 Å². The Bertz CT molecular complexity index is 743. The number of rotatable bonds is 6. The zero-order valence-corrected chi connectivity index (χ0v) is 18.7. The van der Waals surface area contributed by atoms with Crippen LogP contribution in [0.1, 0.15) is 30.8 Å². The molecule has 1 aliphatic rings. The first kappa shape index (κ1) is 21.6. The van der Waals surface area contributed by atoms with Crippen LogP contribution in [0, 0.1) is 0 Å².